The molecular formula is C66H125NO5. The molecule has 2 atom stereocenters. The van der Waals surface area contributed by atoms with Gasteiger partial charge in [0, 0.05) is 12.8 Å². The number of unbranched alkanes of at least 4 members (excludes halogenated alkanes) is 45. The Balaban J connectivity index is 3.45. The highest BCUT2D eigenvalue weighted by Gasteiger charge is 2.18. The van der Waals surface area contributed by atoms with Gasteiger partial charge in [-0.2, -0.15) is 0 Å². The van der Waals surface area contributed by atoms with Gasteiger partial charge in [0.2, 0.25) is 5.91 Å². The summed E-state index contributed by atoms with van der Waals surface area (Å²) in [6.45, 7) is 4.91. The van der Waals surface area contributed by atoms with E-state index in [1.165, 1.54) is 270 Å². The summed E-state index contributed by atoms with van der Waals surface area (Å²) in [5.41, 5.74) is 0. The Morgan fingerprint density at radius 3 is 0.986 bits per heavy atom. The lowest BCUT2D eigenvalue weighted by Crippen LogP contribution is -2.45. The van der Waals surface area contributed by atoms with Gasteiger partial charge >= 0.3 is 5.97 Å². The normalized spacial score (nSPS) is 12.8. The summed E-state index contributed by atoms with van der Waals surface area (Å²) in [5.74, 6) is -0.0713. The van der Waals surface area contributed by atoms with Gasteiger partial charge in [0.1, 0.15) is 0 Å². The first-order valence-electron chi connectivity index (χ1n) is 32.3. The molecule has 0 aromatic rings. The number of nitrogens with one attached hydrogen (secondary N) is 1. The Morgan fingerprint density at radius 1 is 0.375 bits per heavy atom. The summed E-state index contributed by atoms with van der Waals surface area (Å²) in [5, 5.41) is 23.2. The smallest absolute Gasteiger partial charge is 0.305 e. The molecule has 72 heavy (non-hydrogen) atoms. The summed E-state index contributed by atoms with van der Waals surface area (Å²) < 4.78 is 5.48. The number of aliphatic hydroxyl groups excluding tert-OH is 2. The second-order valence-corrected chi connectivity index (χ2v) is 22.1. The van der Waals surface area contributed by atoms with E-state index in [2.05, 4.69) is 43.5 Å². The van der Waals surface area contributed by atoms with Crippen LogP contribution in [0.4, 0.5) is 0 Å². The minimum Gasteiger partial charge on any atom is -0.466 e. The molecular weight excluding hydrogens is 887 g/mol. The number of carbonyl (C=O) groups excluding carboxylic acids is 2. The topological polar surface area (TPSA) is 95.9 Å². The van der Waals surface area contributed by atoms with Gasteiger partial charge in [0.25, 0.3) is 0 Å². The van der Waals surface area contributed by atoms with E-state index in [-0.39, 0.29) is 18.5 Å². The third-order valence-corrected chi connectivity index (χ3v) is 14.9. The summed E-state index contributed by atoms with van der Waals surface area (Å²) in [4.78, 5) is 24.5. The number of hydrogen-bond acceptors (Lipinski definition) is 5. The van der Waals surface area contributed by atoms with Crippen LogP contribution in [0.5, 0.6) is 0 Å². The molecule has 0 saturated heterocycles. The highest BCUT2D eigenvalue weighted by Crippen LogP contribution is 2.17. The molecule has 0 saturated carbocycles. The molecule has 0 aliphatic rings. The third-order valence-electron chi connectivity index (χ3n) is 14.9. The lowest BCUT2D eigenvalue weighted by Gasteiger charge is -2.20. The summed E-state index contributed by atoms with van der Waals surface area (Å²) in [7, 11) is 0. The molecule has 1 amide bonds. The van der Waals surface area contributed by atoms with E-state index >= 15 is 0 Å². The van der Waals surface area contributed by atoms with Crippen molar-refractivity contribution >= 4 is 11.9 Å². The van der Waals surface area contributed by atoms with Gasteiger partial charge in [0.15, 0.2) is 0 Å². The van der Waals surface area contributed by atoms with E-state index in [1.807, 2.05) is 6.08 Å². The molecule has 0 aliphatic carbocycles. The molecule has 0 radical (unpaired) electrons. The zero-order valence-electron chi connectivity index (χ0n) is 48.4. The molecule has 424 valence electrons. The minimum absolute atomic E-state index is 0.00164. The van der Waals surface area contributed by atoms with Gasteiger partial charge < -0.3 is 20.3 Å². The van der Waals surface area contributed by atoms with Crippen LogP contribution < -0.4 is 5.32 Å². The van der Waals surface area contributed by atoms with Crippen LogP contribution in [0.3, 0.4) is 0 Å². The van der Waals surface area contributed by atoms with Gasteiger partial charge in [-0.15, -0.1) is 0 Å². The van der Waals surface area contributed by atoms with Crippen LogP contribution in [0.2, 0.25) is 0 Å². The quantitative estimate of drug-likeness (QED) is 0.0320. The Hall–Kier alpha value is -1.92. The highest BCUT2D eigenvalue weighted by atomic mass is 16.5. The van der Waals surface area contributed by atoms with E-state index in [0.717, 1.165) is 51.4 Å². The van der Waals surface area contributed by atoms with Crippen molar-refractivity contribution in [1.29, 1.82) is 0 Å². The molecule has 0 bridgehead atoms. The van der Waals surface area contributed by atoms with Gasteiger partial charge in [-0.25, -0.2) is 0 Å². The minimum atomic E-state index is -0.850. The van der Waals surface area contributed by atoms with Crippen molar-refractivity contribution in [3.63, 3.8) is 0 Å². The van der Waals surface area contributed by atoms with Gasteiger partial charge in [-0.1, -0.05) is 288 Å². The number of aliphatic hydroxyl groups is 2. The maximum atomic E-state index is 12.5. The number of allylic oxidation sites excluding steroid dienone is 5. The maximum absolute atomic E-state index is 12.5. The van der Waals surface area contributed by atoms with Crippen LogP contribution in [0.1, 0.15) is 348 Å². The number of esters is 1. The number of rotatable bonds is 60. The molecule has 0 rings (SSSR count). The molecule has 0 aromatic heterocycles. The fourth-order valence-corrected chi connectivity index (χ4v) is 9.92. The Morgan fingerprint density at radius 2 is 0.653 bits per heavy atom. The van der Waals surface area contributed by atoms with Crippen LogP contribution in [0.25, 0.3) is 0 Å². The molecule has 2 unspecified atom stereocenters. The number of carbonyl (C=O) groups is 2. The number of amides is 1. The first-order chi connectivity index (χ1) is 35.5. The Bertz CT molecular complexity index is 1170. The van der Waals surface area contributed by atoms with Gasteiger partial charge in [0.05, 0.1) is 25.4 Å². The van der Waals surface area contributed by atoms with E-state index in [0.29, 0.717) is 19.4 Å². The van der Waals surface area contributed by atoms with Crippen molar-refractivity contribution in [3.8, 4) is 0 Å². The first-order valence-corrected chi connectivity index (χ1v) is 32.3. The Labute approximate surface area is 449 Å². The monoisotopic (exact) mass is 1010 g/mol. The molecule has 0 aliphatic heterocycles. The Kier molecular flexibility index (Phi) is 60.0. The molecule has 0 aromatic carbocycles. The predicted octanol–water partition coefficient (Wildman–Crippen LogP) is 20.4. The van der Waals surface area contributed by atoms with Crippen molar-refractivity contribution in [2.45, 2.75) is 360 Å². The average Bonchev–Trinajstić information content (AvgIpc) is 3.38. The van der Waals surface area contributed by atoms with Gasteiger partial charge in [-0.05, 0) is 83.5 Å². The zero-order valence-corrected chi connectivity index (χ0v) is 48.4. The second-order valence-electron chi connectivity index (χ2n) is 22.1. The molecule has 3 N–H and O–H groups in total. The standard InChI is InChI=1S/C66H125NO5/c1-3-5-7-9-11-13-15-17-19-20-27-31-34-38-42-46-50-54-58-64(69)63(62-68)67-65(70)59-55-51-47-43-39-35-32-28-25-23-21-22-24-26-29-33-37-41-45-49-53-57-61-72-66(71)60-56-52-48-44-40-36-30-18-16-14-12-10-8-6-4-2/h18,23,25,30,54,58,63-64,68-69H,3-17,19-22,24,26-29,31-53,55-57,59-62H2,1-2H3,(H,67,70)/b25-23-,30-18-,58-54+. The van der Waals surface area contributed by atoms with Crippen molar-refractivity contribution in [2.24, 2.45) is 0 Å². The van der Waals surface area contributed by atoms with Crippen LogP contribution in [-0.2, 0) is 14.3 Å². The molecule has 0 fully saturated rings. The van der Waals surface area contributed by atoms with Gasteiger partial charge in [-0.3, -0.25) is 9.59 Å². The fraction of sp³-hybridized carbons (Fsp3) is 0.879. The van der Waals surface area contributed by atoms with Crippen LogP contribution >= 0.6 is 0 Å². The molecule has 0 spiro atoms. The second kappa shape index (κ2) is 61.6. The third kappa shape index (κ3) is 57.4. The van der Waals surface area contributed by atoms with Crippen molar-refractivity contribution in [1.82, 2.24) is 5.32 Å². The van der Waals surface area contributed by atoms with Crippen molar-refractivity contribution in [3.05, 3.63) is 36.5 Å². The molecule has 0 heterocycles. The van der Waals surface area contributed by atoms with E-state index in [9.17, 15) is 19.8 Å². The summed E-state index contributed by atoms with van der Waals surface area (Å²) in [6, 6.07) is -0.634. The predicted molar refractivity (Wildman–Crippen MR) is 315 cm³/mol. The van der Waals surface area contributed by atoms with E-state index in [1.54, 1.807) is 6.08 Å². The number of hydrogen-bond donors (Lipinski definition) is 3. The SMILES string of the molecule is CCCCCCCC/C=C\CCCCCCCC(=O)OCCCCCCCCCCCCC/C=C\CCCCCCCCCC(=O)NC(CO)C(O)/C=C/CCCCCCCCCCCCCCCCCC. The fourth-order valence-electron chi connectivity index (χ4n) is 9.92. The van der Waals surface area contributed by atoms with Crippen LogP contribution in [-0.4, -0.2) is 47.4 Å². The first kappa shape index (κ1) is 70.1. The lowest BCUT2D eigenvalue weighted by atomic mass is 10.0. The maximum Gasteiger partial charge on any atom is 0.305 e. The van der Waals surface area contributed by atoms with Crippen molar-refractivity contribution in [2.75, 3.05) is 13.2 Å². The zero-order chi connectivity index (χ0) is 52.2. The summed E-state index contributed by atoms with van der Waals surface area (Å²) in [6.07, 6.45) is 77.6. The van der Waals surface area contributed by atoms with Crippen LogP contribution in [0, 0.1) is 0 Å². The average molecular weight is 1010 g/mol. The van der Waals surface area contributed by atoms with Crippen LogP contribution in [0.15, 0.2) is 36.5 Å². The molecule has 6 heteroatoms. The van der Waals surface area contributed by atoms with E-state index < -0.39 is 12.1 Å². The van der Waals surface area contributed by atoms with E-state index in [4.69, 9.17) is 4.74 Å². The lowest BCUT2D eigenvalue weighted by molar-refractivity contribution is -0.143. The highest BCUT2D eigenvalue weighted by molar-refractivity contribution is 5.76. The summed E-state index contributed by atoms with van der Waals surface area (Å²) >= 11 is 0. The largest absolute Gasteiger partial charge is 0.466 e. The number of ether oxygens (including phenoxy) is 1. The van der Waals surface area contributed by atoms with Crippen molar-refractivity contribution < 1.29 is 24.5 Å². The molecule has 6 nitrogen and oxygen atoms in total.